The molecule has 0 aromatic carbocycles. The second-order valence-corrected chi connectivity index (χ2v) is 6.39. The van der Waals surface area contributed by atoms with Crippen molar-refractivity contribution < 1.29 is 23.1 Å². The second-order valence-electron chi connectivity index (χ2n) is 6.04. The zero-order valence-corrected chi connectivity index (χ0v) is 14.6. The number of aromatic nitrogens is 3. The number of carboxylic acid groups (broad SMARTS) is 1. The average molecular weight is 402 g/mol. The molecular formula is C16H15ClF3N5O2. The number of pyridine rings is 1. The summed E-state index contributed by atoms with van der Waals surface area (Å²) in [5, 5.41) is 11.0. The number of rotatable bonds is 3. The number of alkyl halides is 3. The summed E-state index contributed by atoms with van der Waals surface area (Å²) in [6, 6.07) is 3.50. The van der Waals surface area contributed by atoms with Gasteiger partial charge in [-0.15, -0.1) is 0 Å². The molecule has 7 nitrogen and oxygen atoms in total. The van der Waals surface area contributed by atoms with Gasteiger partial charge in [-0.2, -0.15) is 13.2 Å². The van der Waals surface area contributed by atoms with Crippen LogP contribution in [-0.4, -0.2) is 44.1 Å². The van der Waals surface area contributed by atoms with Crippen LogP contribution in [0.5, 0.6) is 0 Å². The van der Waals surface area contributed by atoms with E-state index in [1.807, 2.05) is 0 Å². The summed E-state index contributed by atoms with van der Waals surface area (Å²) in [6.45, 7) is 0.916. The lowest BCUT2D eigenvalue weighted by Crippen LogP contribution is -2.36. The van der Waals surface area contributed by atoms with Gasteiger partial charge in [0, 0.05) is 30.9 Å². The predicted molar refractivity (Wildman–Crippen MR) is 91.1 cm³/mol. The van der Waals surface area contributed by atoms with E-state index in [2.05, 4.69) is 20.3 Å². The smallest absolute Gasteiger partial charge is 0.420 e. The minimum atomic E-state index is -4.62. The summed E-state index contributed by atoms with van der Waals surface area (Å²) >= 11 is 5.57. The van der Waals surface area contributed by atoms with Crippen LogP contribution in [0.25, 0.3) is 0 Å². The summed E-state index contributed by atoms with van der Waals surface area (Å²) in [5.74, 6) is 0.0868. The van der Waals surface area contributed by atoms with Crippen LogP contribution in [0, 0.1) is 0 Å². The molecule has 11 heteroatoms. The van der Waals surface area contributed by atoms with E-state index in [0.29, 0.717) is 37.8 Å². The summed E-state index contributed by atoms with van der Waals surface area (Å²) in [7, 11) is 0. The van der Waals surface area contributed by atoms with E-state index >= 15 is 0 Å². The summed E-state index contributed by atoms with van der Waals surface area (Å²) in [4.78, 5) is 23.9. The van der Waals surface area contributed by atoms with E-state index in [4.69, 9.17) is 16.7 Å². The van der Waals surface area contributed by atoms with E-state index in [-0.39, 0.29) is 11.9 Å². The van der Waals surface area contributed by atoms with Gasteiger partial charge < -0.3 is 15.3 Å². The third-order valence-electron chi connectivity index (χ3n) is 4.27. The molecule has 0 radical (unpaired) electrons. The van der Waals surface area contributed by atoms with Gasteiger partial charge in [0.1, 0.15) is 10.7 Å². The van der Waals surface area contributed by atoms with Gasteiger partial charge in [-0.25, -0.2) is 14.8 Å². The highest BCUT2D eigenvalue weighted by molar-refractivity contribution is 6.30. The van der Waals surface area contributed by atoms with Crippen LogP contribution in [0.2, 0.25) is 5.15 Å². The molecule has 1 amide bonds. The molecule has 0 saturated carbocycles. The first kappa shape index (κ1) is 19.2. The molecule has 1 saturated heterocycles. The quantitative estimate of drug-likeness (QED) is 0.751. The van der Waals surface area contributed by atoms with Crippen molar-refractivity contribution in [3.63, 3.8) is 0 Å². The molecule has 27 heavy (non-hydrogen) atoms. The zero-order chi connectivity index (χ0) is 19.6. The molecule has 1 aliphatic heterocycles. The minimum absolute atomic E-state index is 0.0719. The van der Waals surface area contributed by atoms with Crippen molar-refractivity contribution in [1.82, 2.24) is 19.9 Å². The van der Waals surface area contributed by atoms with E-state index < -0.39 is 23.0 Å². The number of nitrogens with one attached hydrogen (secondary N) is 1. The van der Waals surface area contributed by atoms with E-state index in [1.54, 1.807) is 12.1 Å². The van der Waals surface area contributed by atoms with Crippen LogP contribution < -0.4 is 5.32 Å². The number of hydrogen-bond donors (Lipinski definition) is 2. The highest BCUT2D eigenvalue weighted by atomic mass is 35.5. The van der Waals surface area contributed by atoms with Crippen molar-refractivity contribution >= 4 is 29.3 Å². The van der Waals surface area contributed by atoms with Gasteiger partial charge in [-0.05, 0) is 25.0 Å². The molecular weight excluding hydrogens is 387 g/mol. The van der Waals surface area contributed by atoms with Crippen LogP contribution in [0.3, 0.4) is 0 Å². The van der Waals surface area contributed by atoms with Crippen molar-refractivity contribution in [1.29, 1.82) is 0 Å². The molecule has 0 bridgehead atoms. The van der Waals surface area contributed by atoms with Gasteiger partial charge >= 0.3 is 12.3 Å². The van der Waals surface area contributed by atoms with Gasteiger partial charge in [0.05, 0.1) is 11.9 Å². The zero-order valence-electron chi connectivity index (χ0n) is 13.9. The van der Waals surface area contributed by atoms with Gasteiger partial charge in [-0.3, -0.25) is 4.98 Å². The maximum absolute atomic E-state index is 12.7. The molecule has 0 spiro atoms. The molecule has 2 aromatic rings. The molecule has 0 aliphatic carbocycles. The number of piperidine rings is 1. The number of likely N-dealkylation sites (tertiary alicyclic amines) is 1. The van der Waals surface area contributed by atoms with Crippen LogP contribution >= 0.6 is 11.6 Å². The molecule has 2 aromatic heterocycles. The Hall–Kier alpha value is -2.62. The fourth-order valence-corrected chi connectivity index (χ4v) is 3.06. The Bertz CT molecular complexity index is 824. The largest absolute Gasteiger partial charge is 0.465 e. The van der Waals surface area contributed by atoms with Crippen LogP contribution in [0.1, 0.15) is 30.0 Å². The van der Waals surface area contributed by atoms with Crippen molar-refractivity contribution in [2.75, 3.05) is 18.4 Å². The van der Waals surface area contributed by atoms with Gasteiger partial charge in [0.2, 0.25) is 5.95 Å². The highest BCUT2D eigenvalue weighted by Crippen LogP contribution is 2.33. The molecule has 2 N–H and O–H groups in total. The maximum Gasteiger partial charge on any atom is 0.420 e. The van der Waals surface area contributed by atoms with Crippen LogP contribution in [0.4, 0.5) is 29.6 Å². The van der Waals surface area contributed by atoms with E-state index in [9.17, 15) is 18.0 Å². The summed E-state index contributed by atoms with van der Waals surface area (Å²) in [5.41, 5.74) is 0.227. The minimum Gasteiger partial charge on any atom is -0.465 e. The van der Waals surface area contributed by atoms with Gasteiger partial charge in [0.15, 0.2) is 0 Å². The van der Waals surface area contributed by atoms with Crippen molar-refractivity contribution in [3.05, 3.63) is 40.9 Å². The molecule has 144 valence electrons. The lowest BCUT2D eigenvalue weighted by atomic mass is 9.93. The SMILES string of the molecule is O=C(O)N1CCC(c2ccc(Nc3ncc(C(F)(F)F)c(Cl)n3)cn2)CC1. The number of amides is 1. The molecule has 0 unspecified atom stereocenters. The normalized spacial score (nSPS) is 15.6. The van der Waals surface area contributed by atoms with Crippen LogP contribution in [-0.2, 0) is 6.18 Å². The predicted octanol–water partition coefficient (Wildman–Crippen LogP) is 4.14. The fraction of sp³-hybridized carbons (Fsp3) is 0.375. The Morgan fingerprint density at radius 1 is 1.22 bits per heavy atom. The standard InChI is InChI=1S/C16H15ClF3N5O2/c17-13-11(16(18,19)20)8-22-14(24-13)23-10-1-2-12(21-7-10)9-3-5-25(6-4-9)15(26)27/h1-2,7-9H,3-6H2,(H,26,27)(H,22,23,24). The third kappa shape index (κ3) is 4.57. The number of nitrogens with zero attached hydrogens (tertiary/aromatic N) is 4. The lowest BCUT2D eigenvalue weighted by Gasteiger charge is -2.29. The van der Waals surface area contributed by atoms with E-state index in [1.165, 1.54) is 11.1 Å². The molecule has 3 heterocycles. The first-order chi connectivity index (χ1) is 12.7. The number of halogens is 4. The van der Waals surface area contributed by atoms with Crippen molar-refractivity contribution in [3.8, 4) is 0 Å². The average Bonchev–Trinajstić information content (AvgIpc) is 2.61. The Morgan fingerprint density at radius 3 is 2.44 bits per heavy atom. The Balaban J connectivity index is 1.65. The molecule has 3 rings (SSSR count). The Kier molecular flexibility index (Phi) is 5.36. The number of carbonyl (C=O) groups is 1. The Labute approximate surface area is 157 Å². The molecule has 0 atom stereocenters. The molecule has 1 fully saturated rings. The summed E-state index contributed by atoms with van der Waals surface area (Å²) in [6.07, 6.45) is -2.03. The van der Waals surface area contributed by atoms with Gasteiger partial charge in [-0.1, -0.05) is 11.6 Å². The number of hydrogen-bond acceptors (Lipinski definition) is 5. The van der Waals surface area contributed by atoms with Crippen LogP contribution in [0.15, 0.2) is 24.5 Å². The number of anilines is 2. The summed E-state index contributed by atoms with van der Waals surface area (Å²) < 4.78 is 38.0. The van der Waals surface area contributed by atoms with Crippen molar-refractivity contribution in [2.24, 2.45) is 0 Å². The topological polar surface area (TPSA) is 91.2 Å². The maximum atomic E-state index is 12.7. The third-order valence-corrected chi connectivity index (χ3v) is 4.56. The Morgan fingerprint density at radius 2 is 1.93 bits per heavy atom. The van der Waals surface area contributed by atoms with Crippen molar-refractivity contribution in [2.45, 2.75) is 24.9 Å². The first-order valence-corrected chi connectivity index (χ1v) is 8.42. The van der Waals surface area contributed by atoms with Gasteiger partial charge in [0.25, 0.3) is 0 Å². The first-order valence-electron chi connectivity index (χ1n) is 8.04. The second kappa shape index (κ2) is 7.55. The monoisotopic (exact) mass is 401 g/mol. The molecule has 1 aliphatic rings. The van der Waals surface area contributed by atoms with E-state index in [0.717, 1.165) is 5.69 Å². The fourth-order valence-electron chi connectivity index (χ4n) is 2.83. The highest BCUT2D eigenvalue weighted by Gasteiger charge is 2.34. The lowest BCUT2D eigenvalue weighted by molar-refractivity contribution is -0.137.